The number of methoxy groups -OCH3 is 2. The predicted molar refractivity (Wildman–Crippen MR) is 159 cm³/mol. The number of hydrogen-bond donors (Lipinski definition) is 0. The second-order valence-electron chi connectivity index (χ2n) is 11.0. The van der Waals surface area contributed by atoms with Crippen molar-refractivity contribution in [2.45, 2.75) is 64.2 Å². The van der Waals surface area contributed by atoms with Gasteiger partial charge in [-0.3, -0.25) is 14.2 Å². The van der Waals surface area contributed by atoms with Crippen molar-refractivity contribution in [2.24, 2.45) is 0 Å². The van der Waals surface area contributed by atoms with E-state index in [0.717, 1.165) is 18.4 Å². The summed E-state index contributed by atoms with van der Waals surface area (Å²) in [4.78, 5) is 38.9. The molecule has 216 valence electrons. The first-order valence-electron chi connectivity index (χ1n) is 13.8. The molecule has 1 aliphatic rings. The van der Waals surface area contributed by atoms with Crippen molar-refractivity contribution in [3.8, 4) is 11.5 Å². The molecular formula is C31H35FN4O4S. The molecule has 0 aliphatic carbocycles. The van der Waals surface area contributed by atoms with Gasteiger partial charge in [0.1, 0.15) is 11.5 Å². The number of ketones is 1. The van der Waals surface area contributed by atoms with E-state index in [1.165, 1.54) is 36.9 Å². The zero-order valence-corrected chi connectivity index (χ0v) is 24.8. The quantitative estimate of drug-likeness (QED) is 0.233. The Kier molecular flexibility index (Phi) is 8.13. The van der Waals surface area contributed by atoms with Gasteiger partial charge >= 0.3 is 0 Å². The minimum atomic E-state index is -1.89. The lowest BCUT2D eigenvalue weighted by atomic mass is 9.93. The van der Waals surface area contributed by atoms with E-state index in [2.05, 4.69) is 16.9 Å². The number of hydrogen-bond acceptors (Lipinski definition) is 8. The highest BCUT2D eigenvalue weighted by molar-refractivity contribution is 7.21. The van der Waals surface area contributed by atoms with Crippen LogP contribution in [-0.4, -0.2) is 47.1 Å². The van der Waals surface area contributed by atoms with Gasteiger partial charge in [0.15, 0.2) is 32.8 Å². The van der Waals surface area contributed by atoms with Crippen molar-refractivity contribution in [2.75, 3.05) is 25.7 Å². The van der Waals surface area contributed by atoms with Crippen molar-refractivity contribution >= 4 is 32.6 Å². The molecule has 5 rings (SSSR count). The first-order valence-corrected chi connectivity index (χ1v) is 14.6. The lowest BCUT2D eigenvalue weighted by molar-refractivity contribution is -0.120. The zero-order valence-electron chi connectivity index (χ0n) is 24.0. The lowest BCUT2D eigenvalue weighted by Crippen LogP contribution is -2.36. The summed E-state index contributed by atoms with van der Waals surface area (Å²) in [7, 11) is 3.09. The summed E-state index contributed by atoms with van der Waals surface area (Å²) >= 11 is 1.23. The number of fused-ring (bicyclic) bond motifs is 1. The molecule has 10 heteroatoms. The molecule has 0 bridgehead atoms. The highest BCUT2D eigenvalue weighted by Gasteiger charge is 2.35. The maximum absolute atomic E-state index is 15.5. The molecule has 0 unspecified atom stereocenters. The van der Waals surface area contributed by atoms with Crippen LogP contribution in [0.3, 0.4) is 0 Å². The summed E-state index contributed by atoms with van der Waals surface area (Å²) < 4.78 is 27.6. The Morgan fingerprint density at radius 1 is 1.15 bits per heavy atom. The van der Waals surface area contributed by atoms with Gasteiger partial charge in [-0.2, -0.15) is 0 Å². The molecule has 1 fully saturated rings. The molecule has 41 heavy (non-hydrogen) atoms. The van der Waals surface area contributed by atoms with Gasteiger partial charge in [0.25, 0.3) is 5.56 Å². The smallest absolute Gasteiger partial charge is 0.281 e. The van der Waals surface area contributed by atoms with Crippen LogP contribution < -0.4 is 19.9 Å². The number of alkyl halides is 1. The van der Waals surface area contributed by atoms with Crippen LogP contribution in [0.2, 0.25) is 0 Å². The highest BCUT2D eigenvalue weighted by atomic mass is 32.1. The maximum atomic E-state index is 15.5. The third kappa shape index (κ3) is 5.84. The van der Waals surface area contributed by atoms with Crippen LogP contribution in [0.1, 0.15) is 62.9 Å². The maximum Gasteiger partial charge on any atom is 0.281 e. The summed E-state index contributed by atoms with van der Waals surface area (Å²) in [5, 5.41) is 0.565. The Hall–Kier alpha value is -3.79. The number of nitrogens with zero attached hydrogens (tertiary/aromatic N) is 4. The average molecular weight is 579 g/mol. The molecule has 2 aromatic heterocycles. The number of carbonyl (C=O) groups is 1. The second kappa shape index (κ2) is 11.6. The number of aromatic nitrogens is 3. The fourth-order valence-electron chi connectivity index (χ4n) is 5.44. The van der Waals surface area contributed by atoms with Gasteiger partial charge < -0.3 is 14.4 Å². The number of anilines is 1. The molecule has 0 N–H and O–H groups in total. The van der Waals surface area contributed by atoms with Gasteiger partial charge in [0, 0.05) is 24.6 Å². The van der Waals surface area contributed by atoms with Gasteiger partial charge in [0.2, 0.25) is 0 Å². The molecule has 8 nitrogen and oxygen atoms in total. The molecule has 0 spiro atoms. The van der Waals surface area contributed by atoms with Crippen LogP contribution in [-0.2, 0) is 17.0 Å². The standard InChI is InChI=1S/C31H35FN4O4S/c1-19(20-10-7-6-8-11-20)16-24(37)23-12-9-15-35(23)30-33-26-27(41-30)34-29(31(2,3)32)36(28(26)38)18-21-13-14-22(39-4)17-25(21)40-5/h6-8,10-11,13-14,17,19,23H,9,12,15-16,18H2,1-5H3/t19-,23+/m0/s1. The summed E-state index contributed by atoms with van der Waals surface area (Å²) in [6.07, 6.45) is 2.00. The van der Waals surface area contributed by atoms with Crippen molar-refractivity contribution in [1.29, 1.82) is 0 Å². The minimum absolute atomic E-state index is 0.00815. The third-order valence-corrected chi connectivity index (χ3v) is 8.60. The number of benzene rings is 2. The van der Waals surface area contributed by atoms with E-state index >= 15 is 4.39 Å². The average Bonchev–Trinajstić information content (AvgIpc) is 3.62. The summed E-state index contributed by atoms with van der Waals surface area (Å²) in [6.45, 7) is 5.54. The van der Waals surface area contributed by atoms with E-state index in [9.17, 15) is 9.59 Å². The summed E-state index contributed by atoms with van der Waals surface area (Å²) in [5.41, 5.74) is -0.353. The van der Waals surface area contributed by atoms with Crippen molar-refractivity contribution in [3.05, 3.63) is 75.8 Å². The molecule has 4 aromatic rings. The number of ether oxygens (including phenoxy) is 2. The van der Waals surface area contributed by atoms with Crippen LogP contribution >= 0.6 is 11.3 Å². The largest absolute Gasteiger partial charge is 0.497 e. The van der Waals surface area contributed by atoms with Crippen molar-refractivity contribution < 1.29 is 18.7 Å². The van der Waals surface area contributed by atoms with E-state index in [1.807, 2.05) is 35.2 Å². The zero-order chi connectivity index (χ0) is 29.3. The van der Waals surface area contributed by atoms with Crippen LogP contribution in [0.5, 0.6) is 11.5 Å². The van der Waals surface area contributed by atoms with E-state index in [-0.39, 0.29) is 35.6 Å². The van der Waals surface area contributed by atoms with Crippen molar-refractivity contribution in [1.82, 2.24) is 14.5 Å². The number of halogens is 1. The third-order valence-electron chi connectivity index (χ3n) is 7.61. The van der Waals surface area contributed by atoms with Crippen LogP contribution in [0.15, 0.2) is 53.3 Å². The molecule has 2 atom stereocenters. The molecule has 0 radical (unpaired) electrons. The second-order valence-corrected chi connectivity index (χ2v) is 11.9. The number of thiazole rings is 1. The molecular weight excluding hydrogens is 543 g/mol. The number of Topliss-reactive ketones (excluding diaryl/α,β-unsaturated/α-hetero) is 1. The van der Waals surface area contributed by atoms with Crippen molar-refractivity contribution in [3.63, 3.8) is 0 Å². The first kappa shape index (κ1) is 28.7. The number of rotatable bonds is 10. The minimum Gasteiger partial charge on any atom is -0.497 e. The molecule has 3 heterocycles. The lowest BCUT2D eigenvalue weighted by Gasteiger charge is -2.24. The Morgan fingerprint density at radius 3 is 2.59 bits per heavy atom. The fourth-order valence-corrected chi connectivity index (χ4v) is 6.45. The predicted octanol–water partition coefficient (Wildman–Crippen LogP) is 5.85. The Labute approximate surface area is 242 Å². The van der Waals surface area contributed by atoms with Crippen LogP contribution in [0.25, 0.3) is 10.3 Å². The molecule has 1 aliphatic heterocycles. The molecule has 0 amide bonds. The normalized spacial score (nSPS) is 16.2. The van der Waals surface area contributed by atoms with Gasteiger partial charge in [-0.05, 0) is 50.3 Å². The molecule has 2 aromatic carbocycles. The van der Waals surface area contributed by atoms with Crippen LogP contribution in [0, 0.1) is 0 Å². The van der Waals surface area contributed by atoms with Gasteiger partial charge in [0.05, 0.1) is 26.8 Å². The van der Waals surface area contributed by atoms with E-state index in [1.54, 1.807) is 25.3 Å². The van der Waals surface area contributed by atoms with E-state index < -0.39 is 11.2 Å². The molecule has 0 saturated carbocycles. The Balaban J connectivity index is 1.49. The van der Waals surface area contributed by atoms with Gasteiger partial charge in [-0.25, -0.2) is 14.4 Å². The SMILES string of the molecule is COc1ccc(Cn2c(C(C)(C)F)nc3sc(N4CCC[C@@H]4C(=O)C[C@H](C)c4ccccc4)nc3c2=O)c(OC)c1. The van der Waals surface area contributed by atoms with E-state index in [0.29, 0.717) is 40.0 Å². The highest BCUT2D eigenvalue weighted by Crippen LogP contribution is 2.35. The van der Waals surface area contributed by atoms with E-state index in [4.69, 9.17) is 9.47 Å². The van der Waals surface area contributed by atoms with Crippen LogP contribution in [0.4, 0.5) is 9.52 Å². The monoisotopic (exact) mass is 578 g/mol. The van der Waals surface area contributed by atoms with Gasteiger partial charge in [-0.15, -0.1) is 0 Å². The first-order chi connectivity index (χ1) is 19.6. The Bertz CT molecular complexity index is 1610. The molecule has 1 saturated heterocycles. The number of carbonyl (C=O) groups excluding carboxylic acids is 1. The fraction of sp³-hybridized carbons (Fsp3) is 0.419. The summed E-state index contributed by atoms with van der Waals surface area (Å²) in [6, 6.07) is 15.0. The Morgan fingerprint density at radius 2 is 1.90 bits per heavy atom. The topological polar surface area (TPSA) is 86.5 Å². The van der Waals surface area contributed by atoms with Gasteiger partial charge in [-0.1, -0.05) is 48.6 Å². The summed E-state index contributed by atoms with van der Waals surface area (Å²) in [5.74, 6) is 1.38.